The van der Waals surface area contributed by atoms with Crippen molar-refractivity contribution in [2.75, 3.05) is 10.6 Å². The zero-order chi connectivity index (χ0) is 20.5. The molecule has 0 aliphatic heterocycles. The quantitative estimate of drug-likeness (QED) is 0.304. The third kappa shape index (κ3) is 3.17. The van der Waals surface area contributed by atoms with Crippen molar-refractivity contribution in [3.8, 4) is 0 Å². The van der Waals surface area contributed by atoms with Crippen LogP contribution in [0.4, 0.5) is 22.7 Å². The molecule has 5 aromatic carbocycles. The van der Waals surface area contributed by atoms with Crippen LogP contribution in [0.5, 0.6) is 0 Å². The summed E-state index contributed by atoms with van der Waals surface area (Å²) in [6.45, 7) is 4.44. The largest absolute Gasteiger partial charge is 0.354 e. The lowest BCUT2D eigenvalue weighted by Crippen LogP contribution is -2.03. The van der Waals surface area contributed by atoms with Crippen molar-refractivity contribution in [2.45, 2.75) is 13.8 Å². The van der Waals surface area contributed by atoms with Gasteiger partial charge in [0.15, 0.2) is 0 Å². The molecule has 0 radical (unpaired) electrons. The highest BCUT2D eigenvalue weighted by atomic mass is 15.0. The second-order valence-electron chi connectivity index (χ2n) is 7.69. The number of anilines is 4. The number of benzene rings is 5. The minimum absolute atomic E-state index is 1.08. The number of nitrogens with one attached hydrogen (secondary N) is 2. The summed E-state index contributed by atoms with van der Waals surface area (Å²) in [6, 6.07) is 33.8. The first-order chi connectivity index (χ1) is 14.7. The molecule has 0 atom stereocenters. The predicted octanol–water partition coefficient (Wildman–Crippen LogP) is 8.10. The first-order valence-corrected chi connectivity index (χ1v) is 10.3. The van der Waals surface area contributed by atoms with Gasteiger partial charge in [-0.05, 0) is 65.4 Å². The van der Waals surface area contributed by atoms with Crippen LogP contribution in [0, 0.1) is 13.8 Å². The molecule has 2 N–H and O–H groups in total. The molecule has 0 bridgehead atoms. The normalized spacial score (nSPS) is 11.0. The maximum Gasteiger partial charge on any atom is 0.0706 e. The second kappa shape index (κ2) is 7.57. The van der Waals surface area contributed by atoms with E-state index in [0.717, 1.165) is 22.7 Å². The molecule has 5 rings (SSSR count). The maximum atomic E-state index is 3.71. The topological polar surface area (TPSA) is 24.1 Å². The molecule has 146 valence electrons. The van der Waals surface area contributed by atoms with Gasteiger partial charge in [0.05, 0.1) is 11.4 Å². The Bertz CT molecular complexity index is 1340. The summed E-state index contributed by atoms with van der Waals surface area (Å²) in [4.78, 5) is 0. The molecule has 30 heavy (non-hydrogen) atoms. The average molecular weight is 389 g/mol. The summed E-state index contributed by atoms with van der Waals surface area (Å²) in [5, 5.41) is 12.5. The lowest BCUT2D eigenvalue weighted by atomic mass is 9.92. The molecular formula is C28H24N2. The van der Waals surface area contributed by atoms with E-state index in [1.54, 1.807) is 0 Å². The van der Waals surface area contributed by atoms with Gasteiger partial charge >= 0.3 is 0 Å². The van der Waals surface area contributed by atoms with Crippen LogP contribution >= 0.6 is 0 Å². The van der Waals surface area contributed by atoms with Crippen LogP contribution in [0.25, 0.3) is 21.5 Å². The minimum Gasteiger partial charge on any atom is -0.354 e. The molecule has 0 fully saturated rings. The van der Waals surface area contributed by atoms with Gasteiger partial charge in [-0.1, -0.05) is 72.8 Å². The maximum absolute atomic E-state index is 3.71. The Morgan fingerprint density at radius 2 is 1.03 bits per heavy atom. The standard InChI is InChI=1S/C28H24N2/c1-19-20(2)27(29-22-12-5-3-6-13-22)28(30-23-14-7-4-8-15-23)25-18-17-21-11-9-10-16-24(21)26(19)25/h3-18,29-30H,1-2H3. The van der Waals surface area contributed by atoms with Crippen LogP contribution in [-0.4, -0.2) is 0 Å². The van der Waals surface area contributed by atoms with Crippen molar-refractivity contribution in [3.05, 3.63) is 108 Å². The Kier molecular flexibility index (Phi) is 4.61. The fourth-order valence-electron chi connectivity index (χ4n) is 4.20. The van der Waals surface area contributed by atoms with Gasteiger partial charge in [0.2, 0.25) is 0 Å². The summed E-state index contributed by atoms with van der Waals surface area (Å²) < 4.78 is 0. The Labute approximate surface area is 177 Å². The van der Waals surface area contributed by atoms with Gasteiger partial charge in [0, 0.05) is 16.8 Å². The average Bonchev–Trinajstić information content (AvgIpc) is 2.80. The molecule has 0 amide bonds. The van der Waals surface area contributed by atoms with Crippen molar-refractivity contribution >= 4 is 44.3 Å². The van der Waals surface area contributed by atoms with E-state index in [4.69, 9.17) is 0 Å². The van der Waals surface area contributed by atoms with Crippen LogP contribution in [0.15, 0.2) is 97.1 Å². The highest BCUT2D eigenvalue weighted by Gasteiger charge is 2.17. The number of para-hydroxylation sites is 2. The van der Waals surface area contributed by atoms with Crippen molar-refractivity contribution in [2.24, 2.45) is 0 Å². The number of rotatable bonds is 4. The van der Waals surface area contributed by atoms with E-state index in [1.165, 1.54) is 32.7 Å². The Balaban J connectivity index is 1.82. The Hall–Kier alpha value is -3.78. The third-order valence-corrected chi connectivity index (χ3v) is 5.85. The fourth-order valence-corrected chi connectivity index (χ4v) is 4.20. The molecule has 0 saturated heterocycles. The summed E-state index contributed by atoms with van der Waals surface area (Å²) in [7, 11) is 0. The van der Waals surface area contributed by atoms with Crippen molar-refractivity contribution in [1.82, 2.24) is 0 Å². The zero-order valence-corrected chi connectivity index (χ0v) is 17.2. The molecule has 0 unspecified atom stereocenters. The summed E-state index contributed by atoms with van der Waals surface area (Å²) in [5.41, 5.74) is 6.93. The van der Waals surface area contributed by atoms with Crippen molar-refractivity contribution < 1.29 is 0 Å². The van der Waals surface area contributed by atoms with Gasteiger partial charge in [-0.3, -0.25) is 0 Å². The predicted molar refractivity (Wildman–Crippen MR) is 130 cm³/mol. The van der Waals surface area contributed by atoms with Gasteiger partial charge in [-0.2, -0.15) is 0 Å². The highest BCUT2D eigenvalue weighted by Crippen LogP contribution is 2.43. The molecule has 0 heterocycles. The van der Waals surface area contributed by atoms with Crippen LogP contribution in [-0.2, 0) is 0 Å². The van der Waals surface area contributed by atoms with E-state index < -0.39 is 0 Å². The number of aryl methyl sites for hydroxylation is 1. The third-order valence-electron chi connectivity index (χ3n) is 5.85. The van der Waals surface area contributed by atoms with Gasteiger partial charge in [-0.25, -0.2) is 0 Å². The van der Waals surface area contributed by atoms with Crippen molar-refractivity contribution in [3.63, 3.8) is 0 Å². The molecular weight excluding hydrogens is 364 g/mol. The van der Waals surface area contributed by atoms with Gasteiger partial charge in [-0.15, -0.1) is 0 Å². The Morgan fingerprint density at radius 1 is 0.467 bits per heavy atom. The van der Waals surface area contributed by atoms with Crippen LogP contribution in [0.1, 0.15) is 11.1 Å². The van der Waals surface area contributed by atoms with E-state index in [-0.39, 0.29) is 0 Å². The molecule has 0 aliphatic carbocycles. The highest BCUT2D eigenvalue weighted by molar-refractivity contribution is 6.16. The van der Waals surface area contributed by atoms with Gasteiger partial charge < -0.3 is 10.6 Å². The van der Waals surface area contributed by atoms with E-state index in [0.29, 0.717) is 0 Å². The lowest BCUT2D eigenvalue weighted by molar-refractivity contribution is 1.36. The van der Waals surface area contributed by atoms with Crippen LogP contribution in [0.3, 0.4) is 0 Å². The Morgan fingerprint density at radius 3 is 1.70 bits per heavy atom. The van der Waals surface area contributed by atoms with E-state index >= 15 is 0 Å². The molecule has 0 saturated carbocycles. The van der Waals surface area contributed by atoms with Gasteiger partial charge in [0.1, 0.15) is 0 Å². The van der Waals surface area contributed by atoms with E-state index in [1.807, 2.05) is 12.1 Å². The molecule has 2 heteroatoms. The van der Waals surface area contributed by atoms with Crippen LogP contribution < -0.4 is 10.6 Å². The molecule has 0 aromatic heterocycles. The first-order valence-electron chi connectivity index (χ1n) is 10.3. The summed E-state index contributed by atoms with van der Waals surface area (Å²) in [5.74, 6) is 0. The number of hydrogen-bond donors (Lipinski definition) is 2. The summed E-state index contributed by atoms with van der Waals surface area (Å²) in [6.07, 6.45) is 0. The number of fused-ring (bicyclic) bond motifs is 3. The van der Waals surface area contributed by atoms with Crippen molar-refractivity contribution in [1.29, 1.82) is 0 Å². The molecule has 0 aliphatic rings. The molecule has 5 aromatic rings. The first kappa shape index (κ1) is 18.3. The molecule has 0 spiro atoms. The monoisotopic (exact) mass is 388 g/mol. The zero-order valence-electron chi connectivity index (χ0n) is 17.2. The lowest BCUT2D eigenvalue weighted by Gasteiger charge is -2.22. The molecule has 2 nitrogen and oxygen atoms in total. The van der Waals surface area contributed by atoms with E-state index in [2.05, 4.69) is 109 Å². The van der Waals surface area contributed by atoms with Gasteiger partial charge in [0.25, 0.3) is 0 Å². The van der Waals surface area contributed by atoms with E-state index in [9.17, 15) is 0 Å². The summed E-state index contributed by atoms with van der Waals surface area (Å²) >= 11 is 0. The van der Waals surface area contributed by atoms with Crippen LogP contribution in [0.2, 0.25) is 0 Å². The smallest absolute Gasteiger partial charge is 0.0706 e. The second-order valence-corrected chi connectivity index (χ2v) is 7.69. The number of hydrogen-bond acceptors (Lipinski definition) is 2. The minimum atomic E-state index is 1.08. The SMILES string of the molecule is Cc1c(Nc2ccccc2)c(Nc2ccccc2)c2ccc3ccccc3c2c1C. The fraction of sp³-hybridized carbons (Fsp3) is 0.0714.